The molecule has 1 atom stereocenters. The SMILES string of the molecule is CCC1(C)CN(c2ccccc2C(F)(F)F)CCCN1. The molecule has 0 saturated carbocycles. The monoisotopic (exact) mass is 286 g/mol. The van der Waals surface area contributed by atoms with E-state index in [9.17, 15) is 13.2 Å². The highest BCUT2D eigenvalue weighted by atomic mass is 19.4. The van der Waals surface area contributed by atoms with Gasteiger partial charge in [0.15, 0.2) is 0 Å². The van der Waals surface area contributed by atoms with E-state index in [1.54, 1.807) is 12.1 Å². The number of nitrogens with zero attached hydrogens (tertiary/aromatic N) is 1. The van der Waals surface area contributed by atoms with Gasteiger partial charge >= 0.3 is 6.18 Å². The van der Waals surface area contributed by atoms with Crippen molar-refractivity contribution in [2.45, 2.75) is 38.4 Å². The van der Waals surface area contributed by atoms with E-state index >= 15 is 0 Å². The Morgan fingerprint density at radius 3 is 2.65 bits per heavy atom. The fourth-order valence-electron chi connectivity index (χ4n) is 2.65. The molecule has 2 nitrogen and oxygen atoms in total. The van der Waals surface area contributed by atoms with Gasteiger partial charge < -0.3 is 10.2 Å². The quantitative estimate of drug-likeness (QED) is 0.892. The lowest BCUT2D eigenvalue weighted by Gasteiger charge is -2.35. The molecule has 1 saturated heterocycles. The van der Waals surface area contributed by atoms with Crippen molar-refractivity contribution in [3.05, 3.63) is 29.8 Å². The predicted octanol–water partition coefficient (Wildman–Crippen LogP) is 3.67. The van der Waals surface area contributed by atoms with Crippen LogP contribution in [0.1, 0.15) is 32.3 Å². The zero-order chi connectivity index (χ0) is 14.8. The fourth-order valence-corrected chi connectivity index (χ4v) is 2.65. The van der Waals surface area contributed by atoms with Crippen LogP contribution in [0.25, 0.3) is 0 Å². The van der Waals surface area contributed by atoms with Crippen LogP contribution in [0.15, 0.2) is 24.3 Å². The van der Waals surface area contributed by atoms with Gasteiger partial charge in [0.05, 0.1) is 5.56 Å². The number of halogens is 3. The van der Waals surface area contributed by atoms with Gasteiger partial charge in [-0.3, -0.25) is 0 Å². The van der Waals surface area contributed by atoms with Crippen LogP contribution in [0.5, 0.6) is 0 Å². The van der Waals surface area contributed by atoms with Gasteiger partial charge in [-0.05, 0) is 38.4 Å². The molecule has 0 bridgehead atoms. The van der Waals surface area contributed by atoms with Gasteiger partial charge in [0, 0.05) is 24.3 Å². The van der Waals surface area contributed by atoms with Crippen LogP contribution in [-0.2, 0) is 6.18 Å². The van der Waals surface area contributed by atoms with Crippen LogP contribution < -0.4 is 10.2 Å². The molecule has 0 aromatic heterocycles. The fraction of sp³-hybridized carbons (Fsp3) is 0.600. The smallest absolute Gasteiger partial charge is 0.369 e. The number of nitrogens with one attached hydrogen (secondary N) is 1. The van der Waals surface area contributed by atoms with E-state index in [2.05, 4.69) is 19.2 Å². The maximum absolute atomic E-state index is 13.1. The van der Waals surface area contributed by atoms with Crippen LogP contribution in [0.4, 0.5) is 18.9 Å². The summed E-state index contributed by atoms with van der Waals surface area (Å²) < 4.78 is 39.4. The highest BCUT2D eigenvalue weighted by Gasteiger charge is 2.36. The van der Waals surface area contributed by atoms with Crippen LogP contribution in [0, 0.1) is 0 Å². The van der Waals surface area contributed by atoms with E-state index in [1.165, 1.54) is 6.07 Å². The van der Waals surface area contributed by atoms with Crippen molar-refractivity contribution < 1.29 is 13.2 Å². The lowest BCUT2D eigenvalue weighted by Crippen LogP contribution is -2.48. The highest BCUT2D eigenvalue weighted by Crippen LogP contribution is 2.37. The molecule has 5 heteroatoms. The van der Waals surface area contributed by atoms with Gasteiger partial charge in [-0.15, -0.1) is 0 Å². The first kappa shape index (κ1) is 15.2. The predicted molar refractivity (Wildman–Crippen MR) is 75.0 cm³/mol. The average molecular weight is 286 g/mol. The minimum atomic E-state index is -4.31. The molecule has 20 heavy (non-hydrogen) atoms. The van der Waals surface area contributed by atoms with E-state index in [4.69, 9.17) is 0 Å². The summed E-state index contributed by atoms with van der Waals surface area (Å²) >= 11 is 0. The normalized spacial score (nSPS) is 24.6. The largest absolute Gasteiger partial charge is 0.418 e. The second-order valence-corrected chi connectivity index (χ2v) is 5.63. The Morgan fingerprint density at radius 2 is 2.00 bits per heavy atom. The van der Waals surface area contributed by atoms with Gasteiger partial charge in [-0.25, -0.2) is 0 Å². The Morgan fingerprint density at radius 1 is 1.30 bits per heavy atom. The lowest BCUT2D eigenvalue weighted by atomic mass is 9.98. The van der Waals surface area contributed by atoms with E-state index in [-0.39, 0.29) is 5.54 Å². The van der Waals surface area contributed by atoms with Crippen molar-refractivity contribution in [3.63, 3.8) is 0 Å². The summed E-state index contributed by atoms with van der Waals surface area (Å²) in [5.74, 6) is 0. The molecule has 1 heterocycles. The molecule has 1 N–H and O–H groups in total. The van der Waals surface area contributed by atoms with Gasteiger partial charge in [0.1, 0.15) is 0 Å². The number of benzene rings is 1. The van der Waals surface area contributed by atoms with E-state index in [0.29, 0.717) is 18.8 Å². The minimum Gasteiger partial charge on any atom is -0.369 e. The molecular weight excluding hydrogens is 265 g/mol. The number of hydrogen-bond acceptors (Lipinski definition) is 2. The first-order valence-corrected chi connectivity index (χ1v) is 7.02. The Kier molecular flexibility index (Phi) is 4.28. The molecule has 1 unspecified atom stereocenters. The van der Waals surface area contributed by atoms with Crippen molar-refractivity contribution in [3.8, 4) is 0 Å². The molecule has 1 aliphatic heterocycles. The number of hydrogen-bond donors (Lipinski definition) is 1. The molecule has 0 radical (unpaired) electrons. The minimum absolute atomic E-state index is 0.144. The first-order chi connectivity index (χ1) is 9.36. The average Bonchev–Trinajstić information content (AvgIpc) is 2.61. The lowest BCUT2D eigenvalue weighted by molar-refractivity contribution is -0.137. The third-order valence-corrected chi connectivity index (χ3v) is 4.03. The maximum atomic E-state index is 13.1. The zero-order valence-corrected chi connectivity index (χ0v) is 11.9. The van der Waals surface area contributed by atoms with Crippen LogP contribution in [0.2, 0.25) is 0 Å². The van der Waals surface area contributed by atoms with Gasteiger partial charge in [0.2, 0.25) is 0 Å². The van der Waals surface area contributed by atoms with Crippen molar-refractivity contribution >= 4 is 5.69 Å². The Balaban J connectivity index is 2.35. The number of anilines is 1. The summed E-state index contributed by atoms with van der Waals surface area (Å²) in [4.78, 5) is 1.87. The first-order valence-electron chi connectivity index (χ1n) is 7.02. The Hall–Kier alpha value is -1.23. The van der Waals surface area contributed by atoms with Crippen molar-refractivity contribution in [1.29, 1.82) is 0 Å². The zero-order valence-electron chi connectivity index (χ0n) is 11.9. The third-order valence-electron chi connectivity index (χ3n) is 4.03. The van der Waals surface area contributed by atoms with Crippen molar-refractivity contribution in [1.82, 2.24) is 5.32 Å². The summed E-state index contributed by atoms with van der Waals surface area (Å²) in [6.07, 6.45) is -2.57. The molecule has 2 rings (SSSR count). The van der Waals surface area contributed by atoms with E-state index < -0.39 is 11.7 Å². The standard InChI is InChI=1S/C15H21F3N2/c1-3-14(2)11-20(10-6-9-19-14)13-8-5-4-7-12(13)15(16,17)18/h4-5,7-8,19H,3,6,9-11H2,1-2H3. The molecule has 0 aliphatic carbocycles. The second-order valence-electron chi connectivity index (χ2n) is 5.63. The number of alkyl halides is 3. The molecule has 1 aliphatic rings. The van der Waals surface area contributed by atoms with Crippen molar-refractivity contribution in [2.24, 2.45) is 0 Å². The number of rotatable bonds is 2. The molecular formula is C15H21F3N2. The summed E-state index contributed by atoms with van der Waals surface area (Å²) in [7, 11) is 0. The summed E-state index contributed by atoms with van der Waals surface area (Å²) in [6, 6.07) is 5.86. The van der Waals surface area contributed by atoms with Gasteiger partial charge in [0.25, 0.3) is 0 Å². The molecule has 112 valence electrons. The van der Waals surface area contributed by atoms with E-state index in [1.807, 2.05) is 4.90 Å². The molecule has 0 spiro atoms. The third kappa shape index (κ3) is 3.26. The summed E-state index contributed by atoms with van der Waals surface area (Å²) in [6.45, 7) is 6.22. The van der Waals surface area contributed by atoms with Gasteiger partial charge in [-0.2, -0.15) is 13.2 Å². The summed E-state index contributed by atoms with van der Waals surface area (Å²) in [5, 5.41) is 3.44. The summed E-state index contributed by atoms with van der Waals surface area (Å²) in [5.41, 5.74) is -0.390. The highest BCUT2D eigenvalue weighted by molar-refractivity contribution is 5.55. The Bertz CT molecular complexity index is 459. The van der Waals surface area contributed by atoms with Crippen LogP contribution in [0.3, 0.4) is 0 Å². The Labute approximate surface area is 118 Å². The topological polar surface area (TPSA) is 15.3 Å². The van der Waals surface area contributed by atoms with Crippen LogP contribution >= 0.6 is 0 Å². The molecule has 1 aromatic carbocycles. The number of para-hydroxylation sites is 1. The molecule has 0 amide bonds. The van der Waals surface area contributed by atoms with Gasteiger partial charge in [-0.1, -0.05) is 19.1 Å². The van der Waals surface area contributed by atoms with E-state index in [0.717, 1.165) is 25.5 Å². The maximum Gasteiger partial charge on any atom is 0.418 e. The van der Waals surface area contributed by atoms with Crippen LogP contribution in [-0.4, -0.2) is 25.2 Å². The van der Waals surface area contributed by atoms with Crippen molar-refractivity contribution in [2.75, 3.05) is 24.5 Å². The molecule has 1 fully saturated rings. The second kappa shape index (κ2) is 5.64. The molecule has 1 aromatic rings.